The quantitative estimate of drug-likeness (QED) is 0.225. The van der Waals surface area contributed by atoms with Crippen LogP contribution >= 0.6 is 0 Å². The lowest BCUT2D eigenvalue weighted by Crippen LogP contribution is -2.63. The molecule has 0 bridgehead atoms. The maximum atomic E-state index is 13.7. The minimum absolute atomic E-state index is 0.135. The number of aromatic nitrogens is 7. The number of nitrogens with zero attached hydrogens (tertiary/aromatic N) is 12. The standard InChI is InChI=1S/C43H45N13O4/c1-27-32(12-14-45-40(27)55-20-19-54(43(55)60)30-5-4-13-44-23-30)33-8-7-29(56-26-46-50(3)42(56)59)22-37(33)53-24-31(25-53)52-17-15-51(16-18-52)28-6-9-34-36(21-28)49(2)48-39(34)35-10-11-38(57)47-41(35)58/h4-9,12-14,21-23,26,31,35H,10-11,15-20,24-25H2,1-3H3,(H,47,57,58). The topological polar surface area (TPSA) is 163 Å². The number of piperidine rings is 1. The molecule has 6 aromatic rings. The number of pyridine rings is 2. The monoisotopic (exact) mass is 807 g/mol. The highest BCUT2D eigenvalue weighted by Crippen LogP contribution is 2.40. The third-order valence-corrected chi connectivity index (χ3v) is 12.6. The second-order valence-electron chi connectivity index (χ2n) is 16.0. The molecule has 10 rings (SSSR count). The Bertz CT molecular complexity index is 2730. The molecule has 306 valence electrons. The van der Waals surface area contributed by atoms with Crippen LogP contribution in [0.25, 0.3) is 27.7 Å². The highest BCUT2D eigenvalue weighted by Gasteiger charge is 2.37. The average molecular weight is 808 g/mol. The van der Waals surface area contributed by atoms with Crippen LogP contribution in [0.1, 0.15) is 30.0 Å². The molecule has 4 aliphatic heterocycles. The van der Waals surface area contributed by atoms with Gasteiger partial charge in [0.1, 0.15) is 12.1 Å². The van der Waals surface area contributed by atoms with Gasteiger partial charge in [0.05, 0.1) is 34.7 Å². The Labute approximate surface area is 345 Å². The van der Waals surface area contributed by atoms with Crippen LogP contribution in [0.3, 0.4) is 0 Å². The van der Waals surface area contributed by atoms with E-state index in [1.165, 1.54) is 4.68 Å². The van der Waals surface area contributed by atoms with Gasteiger partial charge in [-0.1, -0.05) is 6.07 Å². The number of urea groups is 1. The number of hydrogen-bond acceptors (Lipinski definition) is 11. The summed E-state index contributed by atoms with van der Waals surface area (Å²) in [6.45, 7) is 8.27. The van der Waals surface area contributed by atoms with Gasteiger partial charge >= 0.3 is 11.7 Å². The van der Waals surface area contributed by atoms with E-state index in [4.69, 9.17) is 10.1 Å². The summed E-state index contributed by atoms with van der Waals surface area (Å²) in [5.41, 5.74) is 7.94. The molecule has 0 spiro atoms. The third-order valence-electron chi connectivity index (χ3n) is 12.6. The Morgan fingerprint density at radius 3 is 2.32 bits per heavy atom. The number of imide groups is 1. The molecule has 1 unspecified atom stereocenters. The van der Waals surface area contributed by atoms with E-state index >= 15 is 0 Å². The maximum absolute atomic E-state index is 13.7. The zero-order chi connectivity index (χ0) is 41.2. The van der Waals surface area contributed by atoms with Crippen molar-refractivity contribution in [2.45, 2.75) is 31.7 Å². The summed E-state index contributed by atoms with van der Waals surface area (Å²) in [5, 5.41) is 12.3. The van der Waals surface area contributed by atoms with Crippen molar-refractivity contribution < 1.29 is 14.4 Å². The minimum atomic E-state index is -0.434. The molecule has 0 saturated carbocycles. The maximum Gasteiger partial charge on any atom is 0.350 e. The molecule has 4 aromatic heterocycles. The predicted molar refractivity (Wildman–Crippen MR) is 227 cm³/mol. The lowest BCUT2D eigenvalue weighted by molar-refractivity contribution is -0.134. The lowest BCUT2D eigenvalue weighted by atomic mass is 9.93. The summed E-state index contributed by atoms with van der Waals surface area (Å²) in [5.74, 6) is -0.318. The number of amides is 4. The molecular formula is C43H45N13O4. The Morgan fingerprint density at radius 2 is 1.57 bits per heavy atom. The summed E-state index contributed by atoms with van der Waals surface area (Å²) < 4.78 is 4.72. The van der Waals surface area contributed by atoms with Crippen LogP contribution < -0.4 is 30.6 Å². The predicted octanol–water partition coefficient (Wildman–Crippen LogP) is 3.20. The molecular weight excluding hydrogens is 763 g/mol. The van der Waals surface area contributed by atoms with Gasteiger partial charge in [0.25, 0.3) is 0 Å². The fraction of sp³-hybridized carbons (Fsp3) is 0.349. The molecule has 4 amide bonds. The largest absolute Gasteiger partial charge is 0.369 e. The van der Waals surface area contributed by atoms with Gasteiger partial charge in [0.15, 0.2) is 0 Å². The number of piperazine rings is 1. The molecule has 1 atom stereocenters. The van der Waals surface area contributed by atoms with Gasteiger partial charge in [-0.25, -0.2) is 23.8 Å². The number of carbonyl (C=O) groups is 3. The van der Waals surface area contributed by atoms with E-state index in [0.717, 1.165) is 95.3 Å². The van der Waals surface area contributed by atoms with E-state index < -0.39 is 5.92 Å². The second kappa shape index (κ2) is 14.7. The van der Waals surface area contributed by atoms with E-state index in [-0.39, 0.29) is 23.5 Å². The number of nitrogens with one attached hydrogen (secondary N) is 1. The van der Waals surface area contributed by atoms with E-state index in [2.05, 4.69) is 60.4 Å². The Balaban J connectivity index is 0.867. The van der Waals surface area contributed by atoms with Gasteiger partial charge in [-0.3, -0.25) is 39.3 Å². The number of aryl methyl sites for hydroxylation is 2. The van der Waals surface area contributed by atoms with Crippen LogP contribution in [0.5, 0.6) is 0 Å². The highest BCUT2D eigenvalue weighted by atomic mass is 16.2. The van der Waals surface area contributed by atoms with E-state index in [9.17, 15) is 19.2 Å². The molecule has 4 saturated heterocycles. The van der Waals surface area contributed by atoms with E-state index in [1.807, 2.05) is 42.9 Å². The lowest BCUT2D eigenvalue weighted by Gasteiger charge is -2.50. The Kier molecular flexibility index (Phi) is 9.19. The molecule has 4 fully saturated rings. The molecule has 60 heavy (non-hydrogen) atoms. The minimum Gasteiger partial charge on any atom is -0.369 e. The van der Waals surface area contributed by atoms with Gasteiger partial charge in [-0.05, 0) is 73.0 Å². The summed E-state index contributed by atoms with van der Waals surface area (Å²) in [6, 6.07) is 18.3. The van der Waals surface area contributed by atoms with Crippen LogP contribution in [0.4, 0.5) is 27.7 Å². The van der Waals surface area contributed by atoms with Gasteiger partial charge in [0.2, 0.25) is 11.8 Å². The summed E-state index contributed by atoms with van der Waals surface area (Å²) in [4.78, 5) is 70.9. The fourth-order valence-electron chi connectivity index (χ4n) is 9.21. The first kappa shape index (κ1) is 37.4. The van der Waals surface area contributed by atoms with Crippen LogP contribution in [-0.2, 0) is 23.7 Å². The van der Waals surface area contributed by atoms with Crippen LogP contribution in [-0.4, -0.2) is 115 Å². The highest BCUT2D eigenvalue weighted by molar-refractivity contribution is 6.06. The van der Waals surface area contributed by atoms with Crippen LogP contribution in [0.2, 0.25) is 0 Å². The fourth-order valence-corrected chi connectivity index (χ4v) is 9.21. The SMILES string of the molecule is Cc1c(-c2ccc(-n3cnn(C)c3=O)cc2N2CC(N3CCN(c4ccc5c(C6CCC(=O)NC6=O)nn(C)c5c4)CC3)C2)ccnc1N1CCN(c2cccnc2)C1=O. The van der Waals surface area contributed by atoms with Gasteiger partial charge < -0.3 is 9.80 Å². The number of fused-ring (bicyclic) bond motifs is 1. The molecule has 0 aliphatic carbocycles. The average Bonchev–Trinajstić information content (AvgIpc) is 3.90. The van der Waals surface area contributed by atoms with E-state index in [1.54, 1.807) is 46.3 Å². The van der Waals surface area contributed by atoms with Crippen molar-refractivity contribution in [1.29, 1.82) is 0 Å². The van der Waals surface area contributed by atoms with E-state index in [0.29, 0.717) is 37.8 Å². The number of carbonyl (C=O) groups excluding carboxylic acids is 3. The van der Waals surface area contributed by atoms with Crippen molar-refractivity contribution in [3.05, 3.63) is 101 Å². The molecule has 17 heteroatoms. The first-order chi connectivity index (χ1) is 29.1. The van der Waals surface area contributed by atoms with Crippen molar-refractivity contribution in [2.24, 2.45) is 14.1 Å². The molecule has 0 radical (unpaired) electrons. The van der Waals surface area contributed by atoms with Crippen molar-refractivity contribution >= 4 is 51.6 Å². The Hall–Kier alpha value is -6.88. The first-order valence-electron chi connectivity index (χ1n) is 20.4. The molecule has 17 nitrogen and oxygen atoms in total. The normalized spacial score (nSPS) is 19.1. The Morgan fingerprint density at radius 1 is 0.767 bits per heavy atom. The van der Waals surface area contributed by atoms with Crippen LogP contribution in [0.15, 0.2) is 84.3 Å². The zero-order valence-electron chi connectivity index (χ0n) is 33.7. The molecule has 2 aromatic carbocycles. The molecule has 8 heterocycles. The summed E-state index contributed by atoms with van der Waals surface area (Å²) >= 11 is 0. The number of benzene rings is 2. The summed E-state index contributed by atoms with van der Waals surface area (Å²) in [7, 11) is 3.54. The van der Waals surface area contributed by atoms with Crippen LogP contribution in [0, 0.1) is 6.92 Å². The van der Waals surface area contributed by atoms with Gasteiger partial charge in [-0.2, -0.15) is 10.2 Å². The van der Waals surface area contributed by atoms with Crippen molar-refractivity contribution in [2.75, 3.05) is 72.0 Å². The van der Waals surface area contributed by atoms with Gasteiger partial charge in [-0.15, -0.1) is 0 Å². The molecule has 1 N–H and O–H groups in total. The smallest absolute Gasteiger partial charge is 0.350 e. The number of anilines is 4. The third kappa shape index (κ3) is 6.36. The first-order valence-corrected chi connectivity index (χ1v) is 20.4. The number of hydrogen-bond donors (Lipinski definition) is 1. The summed E-state index contributed by atoms with van der Waals surface area (Å²) in [6.07, 6.45) is 7.49. The second-order valence-corrected chi connectivity index (χ2v) is 16.0. The molecule has 4 aliphatic rings. The zero-order valence-corrected chi connectivity index (χ0v) is 33.7. The van der Waals surface area contributed by atoms with Crippen molar-refractivity contribution in [3.63, 3.8) is 0 Å². The van der Waals surface area contributed by atoms with Crippen molar-refractivity contribution in [3.8, 4) is 16.8 Å². The van der Waals surface area contributed by atoms with Gasteiger partial charge in [0, 0.05) is 114 Å². The number of rotatable bonds is 8. The van der Waals surface area contributed by atoms with Crippen molar-refractivity contribution in [1.82, 2.24) is 44.3 Å².